The number of nitrogens with one attached hydrogen (secondary N) is 2. The van der Waals surface area contributed by atoms with Crippen molar-refractivity contribution in [1.82, 2.24) is 10.0 Å². The van der Waals surface area contributed by atoms with E-state index in [1.165, 1.54) is 48.5 Å². The maximum absolute atomic E-state index is 13.4. The highest BCUT2D eigenvalue weighted by Gasteiger charge is 2.30. The van der Waals surface area contributed by atoms with Crippen LogP contribution in [-0.2, 0) is 38.6 Å². The van der Waals surface area contributed by atoms with Gasteiger partial charge >= 0.3 is 18.5 Å². The van der Waals surface area contributed by atoms with E-state index in [1.54, 1.807) is 12.1 Å². The highest BCUT2D eigenvalue weighted by molar-refractivity contribution is 7.89. The summed E-state index contributed by atoms with van der Waals surface area (Å²) in [5.41, 5.74) is 5.84. The summed E-state index contributed by atoms with van der Waals surface area (Å²) in [5.74, 6) is -2.76. The molecular formula is C28H29F4N3O6S. The van der Waals surface area contributed by atoms with Crippen LogP contribution in [0.1, 0.15) is 29.5 Å². The van der Waals surface area contributed by atoms with Crippen molar-refractivity contribution in [3.63, 3.8) is 0 Å². The molecule has 0 heterocycles. The van der Waals surface area contributed by atoms with Crippen molar-refractivity contribution in [2.24, 2.45) is 0 Å². The van der Waals surface area contributed by atoms with E-state index in [0.29, 0.717) is 30.4 Å². The Morgan fingerprint density at radius 3 is 2.31 bits per heavy atom. The number of carboxylic acids is 1. The largest absolute Gasteiger partial charge is 0.476 e. The molecule has 0 bridgehead atoms. The Balaban J connectivity index is 1.67. The topological polar surface area (TPSA) is 148 Å². The summed E-state index contributed by atoms with van der Waals surface area (Å²) >= 11 is 0. The van der Waals surface area contributed by atoms with Gasteiger partial charge in [-0.25, -0.2) is 13.2 Å². The van der Waals surface area contributed by atoms with E-state index in [0.717, 1.165) is 12.1 Å². The van der Waals surface area contributed by atoms with Gasteiger partial charge in [0.15, 0.2) is 0 Å². The van der Waals surface area contributed by atoms with Gasteiger partial charge in [-0.1, -0.05) is 42.5 Å². The number of nitrogens with two attached hydrogens (primary N) is 1. The minimum Gasteiger partial charge on any atom is -0.476 e. The summed E-state index contributed by atoms with van der Waals surface area (Å²) in [4.78, 5) is 23.7. The maximum atomic E-state index is 13.4. The zero-order valence-electron chi connectivity index (χ0n) is 22.1. The average Bonchev–Trinajstić information content (AvgIpc) is 2.93. The highest BCUT2D eigenvalue weighted by atomic mass is 32.2. The molecule has 0 aromatic heterocycles. The first-order valence-corrected chi connectivity index (χ1v) is 14.2. The monoisotopic (exact) mass is 611 g/mol. The van der Waals surface area contributed by atoms with Crippen LogP contribution in [0.15, 0.2) is 77.7 Å². The molecule has 14 heteroatoms. The fourth-order valence-corrected chi connectivity index (χ4v) is 5.18. The Labute approximate surface area is 239 Å². The van der Waals surface area contributed by atoms with Crippen LogP contribution in [0, 0.1) is 0 Å². The van der Waals surface area contributed by atoms with Gasteiger partial charge in [-0.3, -0.25) is 4.79 Å². The molecule has 3 aromatic carbocycles. The minimum absolute atomic E-state index is 0.0743. The number of aliphatic carboxylic acids is 1. The van der Waals surface area contributed by atoms with Crippen molar-refractivity contribution >= 4 is 27.6 Å². The number of aryl methyl sites for hydroxylation is 1. The lowest BCUT2D eigenvalue weighted by atomic mass is 10.0. The van der Waals surface area contributed by atoms with Crippen LogP contribution < -0.4 is 20.5 Å². The Bertz CT molecular complexity index is 1490. The molecule has 0 radical (unpaired) electrons. The number of hydrogen-bond acceptors (Lipinski definition) is 6. The predicted molar refractivity (Wildman–Crippen MR) is 146 cm³/mol. The summed E-state index contributed by atoms with van der Waals surface area (Å²) in [6.07, 6.45) is -6.05. The van der Waals surface area contributed by atoms with Crippen LogP contribution in [0.5, 0.6) is 5.75 Å². The third-order valence-corrected chi connectivity index (χ3v) is 7.54. The SMILES string of the molecule is Nc1cc(C[C@H](NS(=O)(=O)c2ccccc2)C(=O)NCCCCc2cccc(C(F)(F)F)c2)ccc1OC(F)C(=O)O. The first-order valence-electron chi connectivity index (χ1n) is 12.7. The first-order chi connectivity index (χ1) is 19.8. The minimum atomic E-state index is -4.45. The molecule has 1 amide bonds. The first kappa shape index (κ1) is 32.3. The van der Waals surface area contributed by atoms with Gasteiger partial charge in [0.2, 0.25) is 15.9 Å². The molecule has 2 atom stereocenters. The molecule has 226 valence electrons. The lowest BCUT2D eigenvalue weighted by Gasteiger charge is -2.19. The van der Waals surface area contributed by atoms with Gasteiger partial charge < -0.3 is 20.9 Å². The molecule has 0 saturated heterocycles. The molecule has 0 spiro atoms. The number of halogens is 4. The number of unbranched alkanes of at least 4 members (excludes halogenated alkanes) is 1. The van der Waals surface area contributed by atoms with E-state index in [2.05, 4.69) is 14.8 Å². The van der Waals surface area contributed by atoms with Crippen molar-refractivity contribution in [2.75, 3.05) is 12.3 Å². The van der Waals surface area contributed by atoms with Gasteiger partial charge in [0, 0.05) is 6.54 Å². The molecule has 3 aromatic rings. The number of carbonyl (C=O) groups is 2. The normalized spacial score (nSPS) is 13.2. The number of amides is 1. The lowest BCUT2D eigenvalue weighted by Crippen LogP contribution is -2.48. The molecule has 0 fully saturated rings. The van der Waals surface area contributed by atoms with Gasteiger partial charge in [0.1, 0.15) is 11.8 Å². The summed E-state index contributed by atoms with van der Waals surface area (Å²) in [6, 6.07) is 14.9. The van der Waals surface area contributed by atoms with Crippen LogP contribution in [0.3, 0.4) is 0 Å². The molecular weight excluding hydrogens is 582 g/mol. The smallest absolute Gasteiger partial charge is 0.416 e. The lowest BCUT2D eigenvalue weighted by molar-refractivity contribution is -0.153. The van der Waals surface area contributed by atoms with E-state index < -0.39 is 46.0 Å². The molecule has 42 heavy (non-hydrogen) atoms. The summed E-state index contributed by atoms with van der Waals surface area (Å²) in [5, 5.41) is 11.3. The van der Waals surface area contributed by atoms with E-state index in [9.17, 15) is 35.6 Å². The van der Waals surface area contributed by atoms with Gasteiger partial charge in [-0.15, -0.1) is 0 Å². The Morgan fingerprint density at radius 2 is 1.67 bits per heavy atom. The number of rotatable bonds is 14. The second-order valence-electron chi connectivity index (χ2n) is 9.28. The van der Waals surface area contributed by atoms with Crippen molar-refractivity contribution in [3.8, 4) is 5.75 Å². The molecule has 5 N–H and O–H groups in total. The average molecular weight is 612 g/mol. The highest BCUT2D eigenvalue weighted by Crippen LogP contribution is 2.30. The van der Waals surface area contributed by atoms with Crippen molar-refractivity contribution in [3.05, 3.63) is 89.5 Å². The van der Waals surface area contributed by atoms with E-state index >= 15 is 0 Å². The summed E-state index contributed by atoms with van der Waals surface area (Å²) in [7, 11) is -4.13. The fourth-order valence-electron chi connectivity index (χ4n) is 3.96. The number of alkyl halides is 4. The second kappa shape index (κ2) is 14.1. The number of carbonyl (C=O) groups excluding carboxylic acids is 1. The van der Waals surface area contributed by atoms with Crippen LogP contribution in [-0.4, -0.2) is 44.3 Å². The van der Waals surface area contributed by atoms with E-state index in [-0.39, 0.29) is 29.3 Å². The van der Waals surface area contributed by atoms with Gasteiger partial charge in [0.05, 0.1) is 16.1 Å². The Kier molecular flexibility index (Phi) is 10.9. The van der Waals surface area contributed by atoms with Gasteiger partial charge in [-0.05, 0) is 67.1 Å². The van der Waals surface area contributed by atoms with E-state index in [1.807, 2.05) is 0 Å². The van der Waals surface area contributed by atoms with Crippen LogP contribution in [0.4, 0.5) is 23.2 Å². The van der Waals surface area contributed by atoms with Crippen molar-refractivity contribution < 1.29 is 45.4 Å². The number of hydrogen-bond donors (Lipinski definition) is 4. The quantitative estimate of drug-likeness (QED) is 0.122. The molecule has 0 aliphatic carbocycles. The molecule has 0 aliphatic heterocycles. The molecule has 9 nitrogen and oxygen atoms in total. The molecule has 3 rings (SSSR count). The third-order valence-electron chi connectivity index (χ3n) is 6.05. The summed E-state index contributed by atoms with van der Waals surface area (Å²) < 4.78 is 85.2. The second-order valence-corrected chi connectivity index (χ2v) is 11.0. The number of nitrogen functional groups attached to an aromatic ring is 1. The van der Waals surface area contributed by atoms with Gasteiger partial charge in [-0.2, -0.15) is 22.3 Å². The number of sulfonamides is 1. The van der Waals surface area contributed by atoms with Crippen molar-refractivity contribution in [2.45, 2.75) is 49.2 Å². The van der Waals surface area contributed by atoms with E-state index in [4.69, 9.17) is 10.8 Å². The standard InChI is InChI=1S/C28H29F4N3O6S/c29-25(27(37)38)41-24-13-12-19(16-22(24)33)17-23(35-42(39,40)21-10-2-1-3-11-21)26(36)34-14-5-4-7-18-8-6-9-20(15-18)28(30,31)32/h1-3,6,8-13,15-16,23,25,35H,4-5,7,14,17,33H2,(H,34,36)(H,37,38)/t23-,25?/m0/s1. The van der Waals surface area contributed by atoms with Crippen LogP contribution in [0.25, 0.3) is 0 Å². The molecule has 1 unspecified atom stereocenters. The van der Waals surface area contributed by atoms with Crippen molar-refractivity contribution in [1.29, 1.82) is 0 Å². The number of benzene rings is 3. The third kappa shape index (κ3) is 9.45. The summed E-state index contributed by atoms with van der Waals surface area (Å²) in [6.45, 7) is 0.128. The Morgan fingerprint density at radius 1 is 0.952 bits per heavy atom. The molecule has 0 aliphatic rings. The fraction of sp³-hybridized carbons (Fsp3) is 0.286. The molecule has 0 saturated carbocycles. The Hall–Kier alpha value is -4.17. The zero-order valence-corrected chi connectivity index (χ0v) is 22.9. The number of carboxylic acid groups (broad SMARTS) is 1. The van der Waals surface area contributed by atoms with Gasteiger partial charge in [0.25, 0.3) is 0 Å². The van der Waals surface area contributed by atoms with Crippen LogP contribution >= 0.6 is 0 Å². The predicted octanol–water partition coefficient (Wildman–Crippen LogP) is 4.08. The number of anilines is 1. The number of ether oxygens (including phenoxy) is 1. The van der Waals surface area contributed by atoms with Crippen LogP contribution in [0.2, 0.25) is 0 Å². The zero-order chi connectivity index (χ0) is 30.9. The maximum Gasteiger partial charge on any atom is 0.416 e.